The molecule has 3 rings (SSSR count). The van der Waals surface area contributed by atoms with Gasteiger partial charge in [-0.15, -0.1) is 0 Å². The topological polar surface area (TPSA) is 43.4 Å². The van der Waals surface area contributed by atoms with Crippen molar-refractivity contribution >= 4 is 25.1 Å². The van der Waals surface area contributed by atoms with E-state index in [1.54, 1.807) is 0 Å². The molecule has 1 saturated heterocycles. The summed E-state index contributed by atoms with van der Waals surface area (Å²) in [5.41, 5.74) is 2.57. The fraction of sp³-hybridized carbons (Fsp3) is 0.333. The van der Waals surface area contributed by atoms with Crippen LogP contribution in [-0.2, 0) is 14.3 Å². The second-order valence-corrected chi connectivity index (χ2v) is 10.4. The number of hydrogen-bond acceptors (Lipinski definition) is 3. The van der Waals surface area contributed by atoms with Gasteiger partial charge in [0.25, 0.3) is 0 Å². The van der Waals surface area contributed by atoms with Gasteiger partial charge in [-0.05, 0) is 0 Å². The van der Waals surface area contributed by atoms with Crippen LogP contribution in [0.5, 0.6) is 0 Å². The molecule has 2 unspecified atom stereocenters. The van der Waals surface area contributed by atoms with E-state index in [0.29, 0.717) is 24.6 Å². The zero-order valence-electron chi connectivity index (χ0n) is 13.0. The predicted molar refractivity (Wildman–Crippen MR) is 93.1 cm³/mol. The zero-order chi connectivity index (χ0) is 16.3. The molecule has 0 saturated carbocycles. The van der Waals surface area contributed by atoms with E-state index in [9.17, 15) is 8.42 Å². The Balaban J connectivity index is 1.86. The van der Waals surface area contributed by atoms with Crippen LogP contribution in [0.1, 0.15) is 33.6 Å². The molecule has 0 radical (unpaired) electrons. The molecule has 2 atom stereocenters. The summed E-state index contributed by atoms with van der Waals surface area (Å²) in [4.78, 5) is 0.767. The van der Waals surface area contributed by atoms with Crippen LogP contribution < -0.4 is 0 Å². The van der Waals surface area contributed by atoms with E-state index >= 15 is 0 Å². The summed E-state index contributed by atoms with van der Waals surface area (Å²) in [7, 11) is -3.43. The van der Waals surface area contributed by atoms with Crippen LogP contribution in [0, 0.1) is 0 Å². The monoisotopic (exact) mass is 396 g/mol. The van der Waals surface area contributed by atoms with Gasteiger partial charge in [-0.25, -0.2) is 0 Å². The standard InChI is InChI=1S/C18H20O3SSe/c1-22(19,20)21-16-12-17(14-8-4-2-5-9-14)23-18(13-16)15-10-6-3-7-11-15/h2-11,16-18H,12-13H2,1H3. The molecular weight excluding hydrogens is 375 g/mol. The Morgan fingerprint density at radius 2 is 1.30 bits per heavy atom. The van der Waals surface area contributed by atoms with E-state index in [2.05, 4.69) is 24.3 Å². The summed E-state index contributed by atoms with van der Waals surface area (Å²) in [6.07, 6.45) is 2.46. The van der Waals surface area contributed by atoms with Crippen LogP contribution in [0.4, 0.5) is 0 Å². The molecule has 1 aliphatic rings. The number of rotatable bonds is 4. The van der Waals surface area contributed by atoms with Crippen LogP contribution >= 0.6 is 0 Å². The molecule has 3 nitrogen and oxygen atoms in total. The van der Waals surface area contributed by atoms with Crippen molar-refractivity contribution in [3.8, 4) is 0 Å². The van der Waals surface area contributed by atoms with Gasteiger partial charge in [0.2, 0.25) is 0 Å². The van der Waals surface area contributed by atoms with Crippen molar-refractivity contribution in [3.05, 3.63) is 71.8 Å². The minimum absolute atomic E-state index is 0.240. The fourth-order valence-corrected chi connectivity index (χ4v) is 7.14. The molecule has 23 heavy (non-hydrogen) atoms. The molecule has 0 spiro atoms. The molecular formula is C18H20O3SSe. The van der Waals surface area contributed by atoms with Crippen LogP contribution in [0.3, 0.4) is 0 Å². The van der Waals surface area contributed by atoms with Crippen molar-refractivity contribution in [1.82, 2.24) is 0 Å². The van der Waals surface area contributed by atoms with Crippen molar-refractivity contribution in [2.45, 2.75) is 28.6 Å². The molecule has 1 aliphatic heterocycles. The normalized spacial score (nSPS) is 25.2. The second-order valence-electron chi connectivity index (χ2n) is 5.83. The average molecular weight is 395 g/mol. The third-order valence-corrected chi connectivity index (χ3v) is 7.89. The van der Waals surface area contributed by atoms with Crippen LogP contribution in [-0.4, -0.2) is 35.7 Å². The van der Waals surface area contributed by atoms with Crippen LogP contribution in [0.15, 0.2) is 60.7 Å². The number of benzene rings is 2. The first kappa shape index (κ1) is 16.7. The summed E-state index contributed by atoms with van der Waals surface area (Å²) in [6.45, 7) is 0. The maximum atomic E-state index is 11.6. The van der Waals surface area contributed by atoms with Gasteiger partial charge >= 0.3 is 144 Å². The van der Waals surface area contributed by atoms with E-state index in [-0.39, 0.29) is 6.10 Å². The molecule has 5 heteroatoms. The van der Waals surface area contributed by atoms with Gasteiger partial charge in [-0.3, -0.25) is 0 Å². The molecule has 2 aromatic carbocycles. The van der Waals surface area contributed by atoms with Crippen LogP contribution in [0.25, 0.3) is 0 Å². The van der Waals surface area contributed by atoms with Gasteiger partial charge in [0.15, 0.2) is 0 Å². The molecule has 0 bridgehead atoms. The van der Waals surface area contributed by atoms with Crippen molar-refractivity contribution in [2.75, 3.05) is 6.26 Å². The fourth-order valence-electron chi connectivity index (χ4n) is 2.97. The van der Waals surface area contributed by atoms with Gasteiger partial charge < -0.3 is 0 Å². The van der Waals surface area contributed by atoms with Gasteiger partial charge in [0, 0.05) is 0 Å². The third-order valence-electron chi connectivity index (χ3n) is 3.94. The molecule has 0 N–H and O–H groups in total. The van der Waals surface area contributed by atoms with Gasteiger partial charge in [0.05, 0.1) is 0 Å². The minimum atomic E-state index is -3.43. The summed E-state index contributed by atoms with van der Waals surface area (Å²) in [6, 6.07) is 20.8. The Morgan fingerprint density at radius 3 is 1.70 bits per heavy atom. The van der Waals surface area contributed by atoms with Crippen molar-refractivity contribution in [1.29, 1.82) is 0 Å². The quantitative estimate of drug-likeness (QED) is 0.589. The van der Waals surface area contributed by atoms with E-state index in [4.69, 9.17) is 4.18 Å². The third kappa shape index (κ3) is 4.67. The van der Waals surface area contributed by atoms with E-state index in [0.717, 1.165) is 19.1 Å². The Morgan fingerprint density at radius 1 is 0.870 bits per heavy atom. The maximum absolute atomic E-state index is 11.6. The van der Waals surface area contributed by atoms with E-state index in [1.807, 2.05) is 36.4 Å². The van der Waals surface area contributed by atoms with E-state index < -0.39 is 10.1 Å². The first-order valence-electron chi connectivity index (χ1n) is 7.65. The van der Waals surface area contributed by atoms with Gasteiger partial charge in [0.1, 0.15) is 0 Å². The summed E-state index contributed by atoms with van der Waals surface area (Å²) in [5.74, 6) is 0. The molecule has 1 heterocycles. The van der Waals surface area contributed by atoms with Gasteiger partial charge in [-0.1, -0.05) is 0 Å². The van der Waals surface area contributed by atoms with E-state index in [1.165, 1.54) is 11.1 Å². The predicted octanol–water partition coefficient (Wildman–Crippen LogP) is 3.31. The van der Waals surface area contributed by atoms with Crippen molar-refractivity contribution in [3.63, 3.8) is 0 Å². The Labute approximate surface area is 144 Å². The SMILES string of the molecule is CS(=O)(=O)OC1CC(c2ccccc2)[Se]C(c2ccccc2)C1. The molecule has 2 aromatic rings. The Bertz CT molecular complexity index is 684. The van der Waals surface area contributed by atoms with Gasteiger partial charge in [-0.2, -0.15) is 0 Å². The molecule has 1 fully saturated rings. The molecule has 0 aliphatic carbocycles. The number of hydrogen-bond donors (Lipinski definition) is 0. The first-order valence-corrected chi connectivity index (χ1v) is 11.4. The summed E-state index contributed by atoms with van der Waals surface area (Å²) >= 11 is 0.375. The summed E-state index contributed by atoms with van der Waals surface area (Å²) in [5, 5.41) is 0. The van der Waals surface area contributed by atoms with Crippen molar-refractivity contribution < 1.29 is 12.6 Å². The molecule has 0 aromatic heterocycles. The van der Waals surface area contributed by atoms with Crippen LogP contribution in [0.2, 0.25) is 0 Å². The summed E-state index contributed by atoms with van der Waals surface area (Å²) < 4.78 is 28.5. The second kappa shape index (κ2) is 7.18. The average Bonchev–Trinajstić information content (AvgIpc) is 2.55. The molecule has 0 amide bonds. The molecule has 122 valence electrons. The Hall–Kier alpha value is -1.13. The van der Waals surface area contributed by atoms with Crippen molar-refractivity contribution in [2.24, 2.45) is 0 Å². The Kier molecular flexibility index (Phi) is 5.22. The first-order chi connectivity index (χ1) is 11.0. The zero-order valence-corrected chi connectivity index (χ0v) is 15.5.